The van der Waals surface area contributed by atoms with Crippen LogP contribution >= 0.6 is 0 Å². The number of hydrogen-bond acceptors (Lipinski definition) is 4. The van der Waals surface area contributed by atoms with Crippen molar-refractivity contribution in [3.05, 3.63) is 47.5 Å². The number of rotatable bonds is 8. The van der Waals surface area contributed by atoms with Crippen LogP contribution in [0.1, 0.15) is 75.4 Å². The van der Waals surface area contributed by atoms with E-state index in [0.29, 0.717) is 28.1 Å². The molecule has 2 amide bonds. The summed E-state index contributed by atoms with van der Waals surface area (Å²) in [5, 5.41) is 9.41. The minimum Gasteiger partial charge on any atom is -0.352 e. The summed E-state index contributed by atoms with van der Waals surface area (Å²) in [4.78, 5) is 31.5. The maximum Gasteiger partial charge on any atom is 0.393 e. The van der Waals surface area contributed by atoms with Crippen molar-refractivity contribution >= 4 is 22.8 Å². The summed E-state index contributed by atoms with van der Waals surface area (Å²) in [7, 11) is 0. The second kappa shape index (κ2) is 12.5. The number of nitrogens with zero attached hydrogens (tertiary/aromatic N) is 3. The van der Waals surface area contributed by atoms with Gasteiger partial charge in [-0.1, -0.05) is 26.8 Å². The number of H-pyrrole nitrogens is 1. The van der Waals surface area contributed by atoms with E-state index in [1.54, 1.807) is 35.1 Å². The second-order valence-electron chi connectivity index (χ2n) is 10.1. The molecule has 3 aromatic rings. The first-order valence-corrected chi connectivity index (χ1v) is 12.1. The number of aromatic nitrogens is 4. The number of fused-ring (bicyclic) bond motifs is 1. The van der Waals surface area contributed by atoms with E-state index in [2.05, 4.69) is 25.7 Å². The predicted molar refractivity (Wildman–Crippen MR) is 133 cm³/mol. The van der Waals surface area contributed by atoms with E-state index in [9.17, 15) is 35.9 Å². The molecule has 0 aliphatic heterocycles. The van der Waals surface area contributed by atoms with Gasteiger partial charge in [-0.3, -0.25) is 14.3 Å². The summed E-state index contributed by atoms with van der Waals surface area (Å²) in [5.41, 5.74) is 0.970. The van der Waals surface area contributed by atoms with E-state index < -0.39 is 36.5 Å². The van der Waals surface area contributed by atoms with Gasteiger partial charge in [-0.2, -0.15) is 31.4 Å². The fourth-order valence-electron chi connectivity index (χ4n) is 3.01. The zero-order valence-corrected chi connectivity index (χ0v) is 22.2. The lowest BCUT2D eigenvalue weighted by Gasteiger charge is -2.21. The van der Waals surface area contributed by atoms with Crippen LogP contribution < -0.4 is 10.6 Å². The van der Waals surface area contributed by atoms with Crippen molar-refractivity contribution < 1.29 is 35.9 Å². The lowest BCUT2D eigenvalue weighted by atomic mass is 9.96. The Kier molecular flexibility index (Phi) is 10.2. The predicted octanol–water partition coefficient (Wildman–Crippen LogP) is 5.82. The normalized spacial score (nSPS) is 12.3. The van der Waals surface area contributed by atoms with Gasteiger partial charge in [-0.05, 0) is 37.6 Å². The van der Waals surface area contributed by atoms with Crippen molar-refractivity contribution in [1.82, 2.24) is 30.4 Å². The molecule has 8 nitrogen and oxygen atoms in total. The summed E-state index contributed by atoms with van der Waals surface area (Å²) >= 11 is 0. The Hall–Kier alpha value is -3.58. The van der Waals surface area contributed by atoms with E-state index in [4.69, 9.17) is 0 Å². The number of carbonyl (C=O) groups is 2. The zero-order chi connectivity index (χ0) is 29.6. The lowest BCUT2D eigenvalue weighted by Crippen LogP contribution is -2.28. The average molecular weight is 563 g/mol. The van der Waals surface area contributed by atoms with Gasteiger partial charge in [-0.25, -0.2) is 4.98 Å². The molecular weight excluding hydrogens is 530 g/mol. The molecule has 1 aromatic carbocycles. The highest BCUT2D eigenvalue weighted by atomic mass is 19.4. The van der Waals surface area contributed by atoms with E-state index in [1.165, 1.54) is 0 Å². The Balaban J connectivity index is 0.000000580. The van der Waals surface area contributed by atoms with Crippen LogP contribution in [0.4, 0.5) is 26.3 Å². The molecule has 0 fully saturated rings. The van der Waals surface area contributed by atoms with Gasteiger partial charge < -0.3 is 15.6 Å². The quantitative estimate of drug-likeness (QED) is 0.301. The molecule has 0 atom stereocenters. The van der Waals surface area contributed by atoms with Gasteiger partial charge in [0.05, 0.1) is 29.4 Å². The van der Waals surface area contributed by atoms with E-state index in [1.807, 2.05) is 13.8 Å². The molecule has 2 aromatic heterocycles. The summed E-state index contributed by atoms with van der Waals surface area (Å²) in [6, 6.07) is 6.92. The minimum absolute atomic E-state index is 0.0503. The third-order valence-corrected chi connectivity index (χ3v) is 5.38. The first-order valence-electron chi connectivity index (χ1n) is 12.1. The van der Waals surface area contributed by atoms with Crippen LogP contribution in [0.25, 0.3) is 11.0 Å². The molecule has 0 bridgehead atoms. The number of amides is 2. The van der Waals surface area contributed by atoms with Crippen molar-refractivity contribution in [3.8, 4) is 0 Å². The lowest BCUT2D eigenvalue weighted by molar-refractivity contribution is -0.204. The van der Waals surface area contributed by atoms with Gasteiger partial charge in [0.25, 0.3) is 5.91 Å². The maximum absolute atomic E-state index is 12.4. The van der Waals surface area contributed by atoms with Crippen molar-refractivity contribution in [2.75, 3.05) is 0 Å². The van der Waals surface area contributed by atoms with E-state index >= 15 is 0 Å². The van der Waals surface area contributed by atoms with Crippen LogP contribution in [-0.4, -0.2) is 43.9 Å². The number of nitrogens with one attached hydrogen (secondary N) is 3. The number of imidazole rings is 1. The van der Waals surface area contributed by atoms with Gasteiger partial charge >= 0.3 is 12.4 Å². The highest BCUT2D eigenvalue weighted by Gasteiger charge is 2.42. The Morgan fingerprint density at radius 2 is 1.64 bits per heavy atom. The molecule has 0 saturated heterocycles. The number of hydrogen-bond donors (Lipinski definition) is 3. The van der Waals surface area contributed by atoms with Crippen molar-refractivity contribution in [2.45, 2.75) is 78.9 Å². The molecule has 0 spiro atoms. The SMILES string of the molecule is CC(C)(C)C(F)(F)F.CC(C)n1nccc1C(=O)NCc1nc2ccc(CNC(=O)CCC(F)(F)F)cc2[nH]1. The Morgan fingerprint density at radius 1 is 1.00 bits per heavy atom. The van der Waals surface area contributed by atoms with Gasteiger partial charge in [0.1, 0.15) is 11.5 Å². The van der Waals surface area contributed by atoms with Crippen LogP contribution in [-0.2, 0) is 17.9 Å². The summed E-state index contributed by atoms with van der Waals surface area (Å²) in [5.74, 6) is -0.384. The number of benzene rings is 1. The fourth-order valence-corrected chi connectivity index (χ4v) is 3.01. The van der Waals surface area contributed by atoms with E-state index in [0.717, 1.165) is 20.8 Å². The molecule has 0 unspecified atom stereocenters. The first kappa shape index (κ1) is 31.6. The van der Waals surface area contributed by atoms with Gasteiger partial charge in [0.15, 0.2) is 0 Å². The minimum atomic E-state index is -4.35. The maximum atomic E-state index is 12.4. The molecule has 0 radical (unpaired) electrons. The number of aromatic amines is 1. The third-order valence-electron chi connectivity index (χ3n) is 5.38. The van der Waals surface area contributed by atoms with E-state index in [-0.39, 0.29) is 25.0 Å². The topological polar surface area (TPSA) is 105 Å². The first-order chi connectivity index (χ1) is 17.9. The number of halogens is 6. The largest absolute Gasteiger partial charge is 0.393 e. The molecule has 216 valence electrons. The number of carbonyl (C=O) groups excluding carboxylic acids is 2. The average Bonchev–Trinajstić information content (AvgIpc) is 3.45. The Labute approximate surface area is 221 Å². The van der Waals surface area contributed by atoms with Crippen LogP contribution in [0.5, 0.6) is 0 Å². The monoisotopic (exact) mass is 562 g/mol. The van der Waals surface area contributed by atoms with Crippen molar-refractivity contribution in [1.29, 1.82) is 0 Å². The third kappa shape index (κ3) is 9.91. The Bertz CT molecular complexity index is 1240. The molecule has 0 aliphatic rings. The molecule has 14 heteroatoms. The number of alkyl halides is 6. The molecule has 0 saturated carbocycles. The molecular formula is C25H32F6N6O2. The molecule has 0 aliphatic carbocycles. The summed E-state index contributed by atoms with van der Waals surface area (Å²) < 4.78 is 72.9. The highest BCUT2D eigenvalue weighted by Crippen LogP contribution is 2.36. The molecule has 3 rings (SSSR count). The van der Waals surface area contributed by atoms with Crippen LogP contribution in [0.15, 0.2) is 30.5 Å². The smallest absolute Gasteiger partial charge is 0.352 e. The molecule has 2 heterocycles. The van der Waals surface area contributed by atoms with Crippen LogP contribution in [0, 0.1) is 5.41 Å². The highest BCUT2D eigenvalue weighted by molar-refractivity contribution is 5.92. The summed E-state index contributed by atoms with van der Waals surface area (Å²) in [6.07, 6.45) is -8.60. The van der Waals surface area contributed by atoms with Crippen molar-refractivity contribution in [3.63, 3.8) is 0 Å². The van der Waals surface area contributed by atoms with Gasteiger partial charge in [0, 0.05) is 25.2 Å². The second-order valence-corrected chi connectivity index (χ2v) is 10.1. The van der Waals surface area contributed by atoms with Crippen LogP contribution in [0.3, 0.4) is 0 Å². The zero-order valence-electron chi connectivity index (χ0n) is 22.2. The van der Waals surface area contributed by atoms with Crippen molar-refractivity contribution in [2.24, 2.45) is 5.41 Å². The van der Waals surface area contributed by atoms with Gasteiger partial charge in [0.2, 0.25) is 5.91 Å². The molecule has 39 heavy (non-hydrogen) atoms. The standard InChI is InChI=1S/C20H23F3N6O2.C5H9F3/c1-12(2)29-16(6-8-26-29)19(31)25-11-17-27-14-4-3-13(9-15(14)28-17)10-24-18(30)5-7-20(21,22)23;1-4(2,3)5(6,7)8/h3-4,6,8-9,12H,5,7,10-11H2,1-2H3,(H,24,30)(H,25,31)(H,27,28);1-3H3. The molecule has 3 N–H and O–H groups in total. The fraction of sp³-hybridized carbons (Fsp3) is 0.520. The summed E-state index contributed by atoms with van der Waals surface area (Å²) in [6.45, 7) is 7.59. The Morgan fingerprint density at radius 3 is 2.21 bits per heavy atom. The van der Waals surface area contributed by atoms with Gasteiger partial charge in [-0.15, -0.1) is 0 Å². The van der Waals surface area contributed by atoms with Crippen LogP contribution in [0.2, 0.25) is 0 Å².